The van der Waals surface area contributed by atoms with Gasteiger partial charge in [0.1, 0.15) is 0 Å². The van der Waals surface area contributed by atoms with Gasteiger partial charge in [-0.3, -0.25) is 0 Å². The van der Waals surface area contributed by atoms with E-state index in [1.165, 1.54) is 12.1 Å². The number of benzene rings is 1. The van der Waals surface area contributed by atoms with Gasteiger partial charge in [0.25, 0.3) is 0 Å². The van der Waals surface area contributed by atoms with E-state index in [0.717, 1.165) is 0 Å². The molecule has 0 atom stereocenters. The minimum atomic E-state index is -0.530. The molecule has 0 saturated carbocycles. The zero-order valence-electron chi connectivity index (χ0n) is 5.20. The molecule has 4 heteroatoms. The molecule has 0 aliphatic carbocycles. The molecular formula is C6H5O3Zn-. The van der Waals surface area contributed by atoms with Gasteiger partial charge < -0.3 is 15.3 Å². The maximum atomic E-state index is 8.68. The van der Waals surface area contributed by atoms with Crippen molar-refractivity contribution >= 4 is 0 Å². The van der Waals surface area contributed by atoms with Gasteiger partial charge in [-0.15, -0.1) is 12.1 Å². The largest absolute Gasteiger partial charge is 0.559 e. The Morgan fingerprint density at radius 3 is 2.20 bits per heavy atom. The Kier molecular flexibility index (Phi) is 3.16. The van der Waals surface area contributed by atoms with Crippen LogP contribution >= 0.6 is 0 Å². The van der Waals surface area contributed by atoms with Crippen LogP contribution < -0.4 is 0 Å². The minimum Gasteiger partial charge on any atom is -0.559 e. The second-order valence-electron chi connectivity index (χ2n) is 1.56. The van der Waals surface area contributed by atoms with Crippen molar-refractivity contribution in [3.63, 3.8) is 0 Å². The summed E-state index contributed by atoms with van der Waals surface area (Å²) in [5, 5.41) is 26.0. The predicted octanol–water partition coefficient (Wildman–Crippen LogP) is 0.601. The fourth-order valence-electron chi connectivity index (χ4n) is 0.468. The second-order valence-corrected chi connectivity index (χ2v) is 1.56. The number of hydrogen-bond donors (Lipinski definition) is 3. The van der Waals surface area contributed by atoms with Crippen LogP contribution in [0.2, 0.25) is 0 Å². The van der Waals surface area contributed by atoms with Crippen molar-refractivity contribution in [3.8, 4) is 17.2 Å². The molecule has 10 heavy (non-hydrogen) atoms. The third kappa shape index (κ3) is 1.61. The molecule has 0 saturated heterocycles. The van der Waals surface area contributed by atoms with Gasteiger partial charge in [0.05, 0.1) is 11.5 Å². The molecule has 0 unspecified atom stereocenters. The Morgan fingerprint density at radius 2 is 1.80 bits per heavy atom. The van der Waals surface area contributed by atoms with Crippen LogP contribution in [0.3, 0.4) is 0 Å². The number of rotatable bonds is 0. The number of phenolic OH excluding ortho intramolecular Hbond substituents is 3. The van der Waals surface area contributed by atoms with E-state index in [2.05, 4.69) is 6.07 Å². The summed E-state index contributed by atoms with van der Waals surface area (Å²) in [5.41, 5.74) is 0. The van der Waals surface area contributed by atoms with Crippen LogP contribution in [0, 0.1) is 6.07 Å². The molecule has 1 aromatic carbocycles. The number of phenols is 3. The fraction of sp³-hybridized carbons (Fsp3) is 0. The molecule has 1 aromatic rings. The van der Waals surface area contributed by atoms with E-state index in [0.29, 0.717) is 0 Å². The molecule has 0 amide bonds. The molecule has 0 bridgehead atoms. The van der Waals surface area contributed by atoms with Crippen molar-refractivity contribution in [3.05, 3.63) is 18.2 Å². The van der Waals surface area contributed by atoms with Gasteiger partial charge in [-0.25, -0.2) is 0 Å². The first-order valence-electron chi connectivity index (χ1n) is 2.33. The molecule has 50 valence electrons. The Labute approximate surface area is 70.7 Å². The summed E-state index contributed by atoms with van der Waals surface area (Å²) in [7, 11) is 0. The molecule has 0 aliphatic heterocycles. The third-order valence-electron chi connectivity index (χ3n) is 0.928. The first-order valence-corrected chi connectivity index (χ1v) is 2.33. The average molecular weight is 190 g/mol. The molecule has 0 aromatic heterocycles. The van der Waals surface area contributed by atoms with Crippen molar-refractivity contribution in [2.75, 3.05) is 0 Å². The van der Waals surface area contributed by atoms with Crippen LogP contribution in [-0.2, 0) is 19.5 Å². The van der Waals surface area contributed by atoms with Crippen LogP contribution in [0.25, 0.3) is 0 Å². The summed E-state index contributed by atoms with van der Waals surface area (Å²) in [4.78, 5) is 0. The normalized spacial score (nSPS) is 8.40. The van der Waals surface area contributed by atoms with E-state index < -0.39 is 11.5 Å². The third-order valence-corrected chi connectivity index (χ3v) is 0.928. The monoisotopic (exact) mass is 189 g/mol. The van der Waals surface area contributed by atoms with Gasteiger partial charge >= 0.3 is 0 Å². The molecule has 0 fully saturated rings. The van der Waals surface area contributed by atoms with E-state index in [1.807, 2.05) is 0 Å². The fourth-order valence-corrected chi connectivity index (χ4v) is 0.468. The molecule has 3 N–H and O–H groups in total. The molecular weight excluding hydrogens is 185 g/mol. The van der Waals surface area contributed by atoms with Crippen LogP contribution in [-0.4, -0.2) is 15.3 Å². The summed E-state index contributed by atoms with van der Waals surface area (Å²) in [6.45, 7) is 0. The van der Waals surface area contributed by atoms with Crippen molar-refractivity contribution in [2.24, 2.45) is 0 Å². The van der Waals surface area contributed by atoms with Crippen molar-refractivity contribution < 1.29 is 34.8 Å². The van der Waals surface area contributed by atoms with Gasteiger partial charge in [0.2, 0.25) is 0 Å². The first-order chi connectivity index (χ1) is 4.22. The van der Waals surface area contributed by atoms with Gasteiger partial charge in [0.15, 0.2) is 0 Å². The van der Waals surface area contributed by atoms with Crippen molar-refractivity contribution in [1.82, 2.24) is 0 Å². The second kappa shape index (κ2) is 3.42. The zero-order valence-corrected chi connectivity index (χ0v) is 8.17. The van der Waals surface area contributed by atoms with E-state index in [9.17, 15) is 0 Å². The molecule has 0 radical (unpaired) electrons. The molecule has 0 aliphatic rings. The number of hydrogen-bond acceptors (Lipinski definition) is 3. The zero-order chi connectivity index (χ0) is 6.85. The smallest absolute Gasteiger partial charge is 0.0846 e. The van der Waals surface area contributed by atoms with Crippen LogP contribution in [0.5, 0.6) is 17.2 Å². The standard InChI is InChI=1S/C6H5O3.Zn/c7-4-2-1-3-5(8)6(4)9;/h1-2,7-9H;/q-1;. The predicted molar refractivity (Wildman–Crippen MR) is 30.3 cm³/mol. The Balaban J connectivity index is 0.000000810. The maximum absolute atomic E-state index is 8.68. The Bertz CT molecular complexity index is 204. The molecule has 3 nitrogen and oxygen atoms in total. The summed E-state index contributed by atoms with van der Waals surface area (Å²) < 4.78 is 0. The Hall–Kier alpha value is -0.757. The van der Waals surface area contributed by atoms with E-state index >= 15 is 0 Å². The topological polar surface area (TPSA) is 60.7 Å². The number of aromatic hydroxyl groups is 3. The van der Waals surface area contributed by atoms with Gasteiger partial charge in [-0.05, 0) is 0 Å². The van der Waals surface area contributed by atoms with E-state index in [-0.39, 0.29) is 25.2 Å². The molecule has 1 rings (SSSR count). The van der Waals surface area contributed by atoms with Gasteiger partial charge in [-0.1, -0.05) is 0 Å². The van der Waals surface area contributed by atoms with Gasteiger partial charge in [0, 0.05) is 25.2 Å². The van der Waals surface area contributed by atoms with Gasteiger partial charge in [-0.2, -0.15) is 6.07 Å². The van der Waals surface area contributed by atoms with Crippen LogP contribution in [0.1, 0.15) is 0 Å². The summed E-state index contributed by atoms with van der Waals surface area (Å²) in [5.74, 6) is -1.31. The molecule has 0 heterocycles. The SMILES string of the molecule is Oc1[c-]ccc(O)c1O.[Zn]. The maximum Gasteiger partial charge on any atom is 0.0846 e. The van der Waals surface area contributed by atoms with Crippen LogP contribution in [0.4, 0.5) is 0 Å². The average Bonchev–Trinajstić information content (AvgIpc) is 1.83. The summed E-state index contributed by atoms with van der Waals surface area (Å²) in [6, 6.07) is 4.83. The van der Waals surface area contributed by atoms with Crippen molar-refractivity contribution in [2.45, 2.75) is 0 Å². The Morgan fingerprint density at radius 1 is 1.20 bits per heavy atom. The van der Waals surface area contributed by atoms with Crippen LogP contribution in [0.15, 0.2) is 12.1 Å². The van der Waals surface area contributed by atoms with Crippen molar-refractivity contribution in [1.29, 1.82) is 0 Å². The van der Waals surface area contributed by atoms with E-state index in [1.54, 1.807) is 0 Å². The summed E-state index contributed by atoms with van der Waals surface area (Å²) in [6.07, 6.45) is 0. The quantitative estimate of drug-likeness (QED) is 0.319. The van der Waals surface area contributed by atoms with E-state index in [4.69, 9.17) is 15.3 Å². The molecule has 0 spiro atoms. The minimum absolute atomic E-state index is 0. The summed E-state index contributed by atoms with van der Waals surface area (Å²) >= 11 is 0. The first kappa shape index (κ1) is 9.24.